The fourth-order valence-electron chi connectivity index (χ4n) is 2.70. The minimum atomic E-state index is -0.733. The van der Waals surface area contributed by atoms with Gasteiger partial charge in [-0.1, -0.05) is 30.3 Å². The minimum absolute atomic E-state index is 0.214. The van der Waals surface area contributed by atoms with Crippen molar-refractivity contribution in [2.75, 3.05) is 13.2 Å². The van der Waals surface area contributed by atoms with Gasteiger partial charge < -0.3 is 21.2 Å². The number of hydrazone groups is 1. The molecular weight excluding hydrogens is 370 g/mol. The summed E-state index contributed by atoms with van der Waals surface area (Å²) in [7, 11) is 0. The van der Waals surface area contributed by atoms with Crippen LogP contribution in [0.2, 0.25) is 0 Å². The van der Waals surface area contributed by atoms with Gasteiger partial charge in [-0.25, -0.2) is 4.79 Å². The van der Waals surface area contributed by atoms with Crippen LogP contribution in [0.3, 0.4) is 0 Å². The van der Waals surface area contributed by atoms with Crippen molar-refractivity contribution in [3.63, 3.8) is 0 Å². The van der Waals surface area contributed by atoms with Crippen LogP contribution in [-0.4, -0.2) is 42.3 Å². The normalized spacial score (nSPS) is 11.9. The highest BCUT2D eigenvalue weighted by Gasteiger charge is 2.22. The van der Waals surface area contributed by atoms with Crippen LogP contribution < -0.4 is 16.5 Å². The van der Waals surface area contributed by atoms with Crippen LogP contribution in [0.25, 0.3) is 0 Å². The number of carbonyl (C=O) groups is 2. The molecule has 0 radical (unpaired) electrons. The van der Waals surface area contributed by atoms with Crippen molar-refractivity contribution in [1.82, 2.24) is 15.6 Å². The molecule has 2 aromatic rings. The van der Waals surface area contributed by atoms with Gasteiger partial charge in [0.2, 0.25) is 5.91 Å². The summed E-state index contributed by atoms with van der Waals surface area (Å²) in [6, 6.07) is 10.7. The van der Waals surface area contributed by atoms with Gasteiger partial charge in [-0.05, 0) is 29.7 Å². The number of hydrogen-bond donors (Lipinski definition) is 3. The molecule has 0 saturated carbocycles. The van der Waals surface area contributed by atoms with Crippen molar-refractivity contribution in [3.8, 4) is 0 Å². The van der Waals surface area contributed by atoms with E-state index >= 15 is 0 Å². The number of esters is 1. The van der Waals surface area contributed by atoms with Crippen LogP contribution in [0.4, 0.5) is 0 Å². The van der Waals surface area contributed by atoms with Crippen molar-refractivity contribution in [2.24, 2.45) is 10.9 Å². The molecule has 8 nitrogen and oxygen atoms in total. The third-order valence-corrected chi connectivity index (χ3v) is 4.13. The first kappa shape index (κ1) is 22.0. The molecule has 1 heterocycles. The van der Waals surface area contributed by atoms with E-state index in [2.05, 4.69) is 20.7 Å². The highest BCUT2D eigenvalue weighted by molar-refractivity contribution is 5.84. The maximum atomic E-state index is 12.3. The molecule has 2 rings (SSSR count). The summed E-state index contributed by atoms with van der Waals surface area (Å²) in [4.78, 5) is 28.5. The van der Waals surface area contributed by atoms with Crippen molar-refractivity contribution < 1.29 is 14.3 Å². The molecule has 0 bridgehead atoms. The molecular formula is C21H27N5O3. The lowest BCUT2D eigenvalue weighted by Crippen LogP contribution is -2.44. The smallest absolute Gasteiger partial charge is 0.328 e. The Morgan fingerprint density at radius 1 is 1.24 bits per heavy atom. The Labute approximate surface area is 170 Å². The summed E-state index contributed by atoms with van der Waals surface area (Å²) in [5.74, 6) is 4.47. The summed E-state index contributed by atoms with van der Waals surface area (Å²) >= 11 is 0. The van der Waals surface area contributed by atoms with Gasteiger partial charge in [-0.15, -0.1) is 0 Å². The molecule has 29 heavy (non-hydrogen) atoms. The van der Waals surface area contributed by atoms with Crippen molar-refractivity contribution in [2.45, 2.75) is 32.4 Å². The first-order valence-electron chi connectivity index (χ1n) is 9.50. The Morgan fingerprint density at radius 3 is 2.69 bits per heavy atom. The summed E-state index contributed by atoms with van der Waals surface area (Å²) in [6.45, 7) is 3.11. The molecule has 0 aliphatic carbocycles. The van der Waals surface area contributed by atoms with E-state index in [0.717, 1.165) is 16.7 Å². The number of nitrogens with two attached hydrogens (primary N) is 1. The molecule has 1 aromatic heterocycles. The number of carbonyl (C=O) groups excluding carboxylic acids is 2. The molecule has 1 amide bonds. The molecule has 1 atom stereocenters. The topological polar surface area (TPSA) is 119 Å². The molecule has 1 unspecified atom stereocenters. The first-order chi connectivity index (χ1) is 14.1. The van der Waals surface area contributed by atoms with Gasteiger partial charge in [0.1, 0.15) is 6.04 Å². The lowest BCUT2D eigenvalue weighted by Gasteiger charge is -2.17. The van der Waals surface area contributed by atoms with Crippen molar-refractivity contribution in [1.29, 1.82) is 0 Å². The van der Waals surface area contributed by atoms with E-state index in [1.807, 2.05) is 30.3 Å². The summed E-state index contributed by atoms with van der Waals surface area (Å²) in [5, 5.41) is 9.46. The quantitative estimate of drug-likeness (QED) is 0.172. The molecule has 1 aromatic carbocycles. The molecule has 0 spiro atoms. The maximum Gasteiger partial charge on any atom is 0.328 e. The fourth-order valence-corrected chi connectivity index (χ4v) is 2.70. The number of benzene rings is 1. The SMILES string of the molecule is CCOC(=O)C(Cc1cccnc1)NC(=O)CCNCc1ccc(C=NN)cc1. The zero-order valence-corrected chi connectivity index (χ0v) is 16.5. The van der Waals surface area contributed by atoms with Gasteiger partial charge in [-0.2, -0.15) is 5.10 Å². The summed E-state index contributed by atoms with van der Waals surface area (Å²) in [5.41, 5.74) is 2.86. The number of pyridine rings is 1. The van der Waals surface area contributed by atoms with E-state index in [1.54, 1.807) is 31.6 Å². The summed E-state index contributed by atoms with van der Waals surface area (Å²) < 4.78 is 5.08. The Bertz CT molecular complexity index is 794. The van der Waals surface area contributed by atoms with Gasteiger partial charge in [0.05, 0.1) is 12.8 Å². The van der Waals surface area contributed by atoms with Crippen molar-refractivity contribution in [3.05, 3.63) is 65.5 Å². The monoisotopic (exact) mass is 397 g/mol. The largest absolute Gasteiger partial charge is 0.464 e. The number of rotatable bonds is 11. The number of amides is 1. The lowest BCUT2D eigenvalue weighted by molar-refractivity contribution is -0.147. The average Bonchev–Trinajstić information content (AvgIpc) is 2.73. The third-order valence-electron chi connectivity index (χ3n) is 4.13. The van der Waals surface area contributed by atoms with E-state index < -0.39 is 12.0 Å². The highest BCUT2D eigenvalue weighted by Crippen LogP contribution is 2.05. The molecule has 154 valence electrons. The van der Waals surface area contributed by atoms with E-state index in [9.17, 15) is 9.59 Å². The van der Waals surface area contributed by atoms with Crippen LogP contribution in [0, 0.1) is 0 Å². The number of aromatic nitrogens is 1. The second-order valence-electron chi connectivity index (χ2n) is 6.38. The van der Waals surface area contributed by atoms with Gasteiger partial charge in [0.15, 0.2) is 0 Å². The van der Waals surface area contributed by atoms with Gasteiger partial charge in [-0.3, -0.25) is 9.78 Å². The Kier molecular flexibility index (Phi) is 9.31. The second kappa shape index (κ2) is 12.2. The summed E-state index contributed by atoms with van der Waals surface area (Å²) in [6.07, 6.45) is 5.50. The second-order valence-corrected chi connectivity index (χ2v) is 6.38. The van der Waals surface area contributed by atoms with Crippen molar-refractivity contribution >= 4 is 18.1 Å². The number of hydrogen-bond acceptors (Lipinski definition) is 7. The molecule has 0 aliphatic rings. The predicted molar refractivity (Wildman–Crippen MR) is 111 cm³/mol. The number of nitrogens with zero attached hydrogens (tertiary/aromatic N) is 2. The highest BCUT2D eigenvalue weighted by atomic mass is 16.5. The van der Waals surface area contributed by atoms with Gasteiger partial charge in [0, 0.05) is 38.3 Å². The standard InChI is InChI=1S/C21H27N5O3/c1-2-29-21(28)19(12-18-4-3-10-23-14-18)26-20(27)9-11-24-13-16-5-7-17(8-6-16)15-25-22/h3-8,10,14-15,19,24H,2,9,11-13,22H2,1H3,(H,26,27). The number of ether oxygens (including phenoxy) is 1. The van der Waals surface area contributed by atoms with E-state index in [1.165, 1.54) is 0 Å². The van der Waals surface area contributed by atoms with Gasteiger partial charge in [0.25, 0.3) is 0 Å². The fraction of sp³-hybridized carbons (Fsp3) is 0.333. The van der Waals surface area contributed by atoms with Crippen LogP contribution in [0.1, 0.15) is 30.0 Å². The Morgan fingerprint density at radius 2 is 2.03 bits per heavy atom. The Balaban J connectivity index is 1.78. The lowest BCUT2D eigenvalue weighted by atomic mass is 10.1. The molecule has 0 fully saturated rings. The molecule has 8 heteroatoms. The van der Waals surface area contributed by atoms with Crippen LogP contribution >= 0.6 is 0 Å². The molecule has 0 aliphatic heterocycles. The Hall–Kier alpha value is -3.26. The van der Waals surface area contributed by atoms with E-state index in [0.29, 0.717) is 19.5 Å². The maximum absolute atomic E-state index is 12.3. The molecule has 0 saturated heterocycles. The van der Waals surface area contributed by atoms with E-state index in [4.69, 9.17) is 10.6 Å². The predicted octanol–water partition coefficient (Wildman–Crippen LogP) is 1.14. The van der Waals surface area contributed by atoms with Crippen LogP contribution in [-0.2, 0) is 27.3 Å². The van der Waals surface area contributed by atoms with Gasteiger partial charge >= 0.3 is 5.97 Å². The first-order valence-corrected chi connectivity index (χ1v) is 9.50. The van der Waals surface area contributed by atoms with Crippen LogP contribution in [0.15, 0.2) is 53.9 Å². The minimum Gasteiger partial charge on any atom is -0.464 e. The third kappa shape index (κ3) is 8.10. The zero-order chi connectivity index (χ0) is 20.9. The molecule has 4 N–H and O–H groups in total. The number of nitrogens with one attached hydrogen (secondary N) is 2. The van der Waals surface area contributed by atoms with Crippen LogP contribution in [0.5, 0.6) is 0 Å². The zero-order valence-electron chi connectivity index (χ0n) is 16.5. The van der Waals surface area contributed by atoms with E-state index in [-0.39, 0.29) is 18.9 Å². The average molecular weight is 397 g/mol.